The van der Waals surface area contributed by atoms with Crippen molar-refractivity contribution in [3.05, 3.63) is 28.4 Å². The van der Waals surface area contributed by atoms with Crippen LogP contribution >= 0.6 is 0 Å². The maximum Gasteiger partial charge on any atom is 0.250 e. The highest BCUT2D eigenvalue weighted by Crippen LogP contribution is 2.36. The van der Waals surface area contributed by atoms with E-state index in [9.17, 15) is 4.79 Å². The molecule has 0 atom stereocenters. The molecule has 1 aliphatic rings. The molecule has 0 bridgehead atoms. The fourth-order valence-corrected chi connectivity index (χ4v) is 2.41. The summed E-state index contributed by atoms with van der Waals surface area (Å²) in [5, 5.41) is 0. The molecule has 1 saturated carbocycles. The van der Waals surface area contributed by atoms with Gasteiger partial charge in [-0.25, -0.2) is 4.98 Å². The summed E-state index contributed by atoms with van der Waals surface area (Å²) in [7, 11) is 0. The summed E-state index contributed by atoms with van der Waals surface area (Å²) in [6, 6.07) is 1.44. The molecule has 1 aliphatic carbocycles. The number of aromatic nitrogens is 2. The first-order chi connectivity index (χ1) is 7.27. The van der Waals surface area contributed by atoms with Gasteiger partial charge < -0.3 is 10.7 Å². The van der Waals surface area contributed by atoms with Crippen LogP contribution in [0.2, 0.25) is 0 Å². The van der Waals surface area contributed by atoms with Crippen molar-refractivity contribution in [2.75, 3.05) is 6.54 Å². The van der Waals surface area contributed by atoms with E-state index in [1.54, 1.807) is 6.20 Å². The lowest BCUT2D eigenvalue weighted by molar-refractivity contribution is 0.285. The minimum Gasteiger partial charge on any atom is -0.329 e. The third kappa shape index (κ3) is 1.95. The molecule has 4 nitrogen and oxygen atoms in total. The highest BCUT2D eigenvalue weighted by Gasteiger charge is 2.34. The van der Waals surface area contributed by atoms with Crippen molar-refractivity contribution in [2.24, 2.45) is 5.73 Å². The van der Waals surface area contributed by atoms with Crippen molar-refractivity contribution in [3.8, 4) is 0 Å². The number of H-pyrrole nitrogens is 1. The van der Waals surface area contributed by atoms with E-state index in [1.165, 1.54) is 25.3 Å². The van der Waals surface area contributed by atoms with Crippen LogP contribution in [-0.4, -0.2) is 16.5 Å². The topological polar surface area (TPSA) is 71.8 Å². The van der Waals surface area contributed by atoms with Crippen molar-refractivity contribution in [1.82, 2.24) is 9.97 Å². The molecule has 1 aromatic heterocycles. The summed E-state index contributed by atoms with van der Waals surface area (Å²) < 4.78 is 0. The second kappa shape index (κ2) is 4.14. The molecule has 1 fully saturated rings. The number of nitrogens with zero attached hydrogens (tertiary/aromatic N) is 1. The lowest BCUT2D eigenvalue weighted by Gasteiger charge is -2.34. The van der Waals surface area contributed by atoms with E-state index in [2.05, 4.69) is 9.97 Å². The SMILES string of the molecule is NCC1(c2nccc(=O)[nH]2)CCCCC1. The van der Waals surface area contributed by atoms with E-state index in [4.69, 9.17) is 5.73 Å². The van der Waals surface area contributed by atoms with Crippen molar-refractivity contribution in [2.45, 2.75) is 37.5 Å². The minimum absolute atomic E-state index is 0.0847. The third-order valence-corrected chi connectivity index (χ3v) is 3.37. The zero-order valence-electron chi connectivity index (χ0n) is 8.83. The van der Waals surface area contributed by atoms with E-state index in [0.717, 1.165) is 18.7 Å². The van der Waals surface area contributed by atoms with Crippen molar-refractivity contribution in [1.29, 1.82) is 0 Å². The Hall–Kier alpha value is -1.16. The summed E-state index contributed by atoms with van der Waals surface area (Å²) in [6.45, 7) is 0.569. The smallest absolute Gasteiger partial charge is 0.250 e. The first-order valence-corrected chi connectivity index (χ1v) is 5.53. The molecule has 0 amide bonds. The standard InChI is InChI=1S/C11H17N3O/c12-8-11(5-2-1-3-6-11)10-13-7-4-9(15)14-10/h4,7H,1-3,5-6,8,12H2,(H,13,14,15). The van der Waals surface area contributed by atoms with Gasteiger partial charge in [0.05, 0.1) is 0 Å². The Morgan fingerprint density at radius 1 is 1.40 bits per heavy atom. The Kier molecular flexibility index (Phi) is 2.86. The molecular formula is C11H17N3O. The van der Waals surface area contributed by atoms with Crippen molar-refractivity contribution >= 4 is 0 Å². The summed E-state index contributed by atoms with van der Waals surface area (Å²) in [6.07, 6.45) is 7.26. The van der Waals surface area contributed by atoms with Gasteiger partial charge in [-0.05, 0) is 12.8 Å². The second-order valence-corrected chi connectivity index (χ2v) is 4.33. The lowest BCUT2D eigenvalue weighted by atomic mass is 9.73. The predicted octanol–water partition coefficient (Wildman–Crippen LogP) is 0.930. The minimum atomic E-state index is -0.0848. The Morgan fingerprint density at radius 3 is 2.73 bits per heavy atom. The van der Waals surface area contributed by atoms with Crippen LogP contribution in [0.5, 0.6) is 0 Å². The van der Waals surface area contributed by atoms with Crippen LogP contribution in [0.15, 0.2) is 17.1 Å². The molecular weight excluding hydrogens is 190 g/mol. The van der Waals surface area contributed by atoms with Gasteiger partial charge in [0, 0.05) is 24.2 Å². The van der Waals surface area contributed by atoms with Gasteiger partial charge in [0.25, 0.3) is 5.56 Å². The number of hydrogen-bond donors (Lipinski definition) is 2. The second-order valence-electron chi connectivity index (χ2n) is 4.33. The van der Waals surface area contributed by atoms with E-state index >= 15 is 0 Å². The van der Waals surface area contributed by atoms with Crippen LogP contribution in [0, 0.1) is 0 Å². The van der Waals surface area contributed by atoms with Crippen LogP contribution in [-0.2, 0) is 5.41 Å². The van der Waals surface area contributed by atoms with Gasteiger partial charge in [-0.2, -0.15) is 0 Å². The fraction of sp³-hybridized carbons (Fsp3) is 0.636. The molecule has 0 unspecified atom stereocenters. The Balaban J connectivity index is 2.36. The molecule has 15 heavy (non-hydrogen) atoms. The molecule has 82 valence electrons. The predicted molar refractivity (Wildman–Crippen MR) is 58.7 cm³/mol. The summed E-state index contributed by atoms with van der Waals surface area (Å²) in [5.74, 6) is 0.775. The van der Waals surface area contributed by atoms with Gasteiger partial charge in [0.1, 0.15) is 5.82 Å². The number of nitrogens with one attached hydrogen (secondary N) is 1. The average Bonchev–Trinajstić information content (AvgIpc) is 2.30. The maximum absolute atomic E-state index is 11.3. The molecule has 0 radical (unpaired) electrons. The van der Waals surface area contributed by atoms with E-state index in [0.29, 0.717) is 6.54 Å². The van der Waals surface area contributed by atoms with Gasteiger partial charge in [-0.1, -0.05) is 19.3 Å². The average molecular weight is 207 g/mol. The van der Waals surface area contributed by atoms with Gasteiger partial charge in [0.15, 0.2) is 0 Å². The molecule has 1 heterocycles. The van der Waals surface area contributed by atoms with E-state index in [1.807, 2.05) is 0 Å². The van der Waals surface area contributed by atoms with Crippen LogP contribution in [0.1, 0.15) is 37.9 Å². The van der Waals surface area contributed by atoms with Crippen LogP contribution < -0.4 is 11.3 Å². The van der Waals surface area contributed by atoms with E-state index in [-0.39, 0.29) is 11.0 Å². The van der Waals surface area contributed by atoms with Crippen molar-refractivity contribution in [3.63, 3.8) is 0 Å². The monoisotopic (exact) mass is 207 g/mol. The highest BCUT2D eigenvalue weighted by molar-refractivity contribution is 5.10. The third-order valence-electron chi connectivity index (χ3n) is 3.37. The van der Waals surface area contributed by atoms with Crippen LogP contribution in [0.4, 0.5) is 0 Å². The molecule has 0 aromatic carbocycles. The number of aromatic amines is 1. The van der Waals surface area contributed by atoms with Crippen molar-refractivity contribution < 1.29 is 0 Å². The van der Waals surface area contributed by atoms with Gasteiger partial charge in [0.2, 0.25) is 0 Å². The Labute approximate surface area is 88.9 Å². The van der Waals surface area contributed by atoms with E-state index < -0.39 is 0 Å². The molecule has 0 aliphatic heterocycles. The van der Waals surface area contributed by atoms with Gasteiger partial charge in [-0.3, -0.25) is 4.79 Å². The Morgan fingerprint density at radius 2 is 2.13 bits per heavy atom. The quantitative estimate of drug-likeness (QED) is 0.757. The molecule has 2 rings (SSSR count). The molecule has 3 N–H and O–H groups in total. The van der Waals surface area contributed by atoms with Crippen LogP contribution in [0.25, 0.3) is 0 Å². The summed E-state index contributed by atoms with van der Waals surface area (Å²) in [4.78, 5) is 18.3. The molecule has 0 saturated heterocycles. The zero-order chi connectivity index (χ0) is 10.7. The summed E-state index contributed by atoms with van der Waals surface area (Å²) in [5.41, 5.74) is 5.69. The first-order valence-electron chi connectivity index (χ1n) is 5.53. The Bertz CT molecular complexity index is 379. The number of nitrogens with two attached hydrogens (primary N) is 1. The number of rotatable bonds is 2. The lowest BCUT2D eigenvalue weighted by Crippen LogP contribution is -2.39. The largest absolute Gasteiger partial charge is 0.329 e. The molecule has 4 heteroatoms. The summed E-state index contributed by atoms with van der Waals surface area (Å²) >= 11 is 0. The normalized spacial score (nSPS) is 20.1. The van der Waals surface area contributed by atoms with Crippen LogP contribution in [0.3, 0.4) is 0 Å². The molecule has 0 spiro atoms. The highest BCUT2D eigenvalue weighted by atomic mass is 16.1. The van der Waals surface area contributed by atoms with Gasteiger partial charge >= 0.3 is 0 Å². The number of hydrogen-bond acceptors (Lipinski definition) is 3. The first kappa shape index (κ1) is 10.4. The van der Waals surface area contributed by atoms with Gasteiger partial charge in [-0.15, -0.1) is 0 Å². The molecule has 1 aromatic rings. The fourth-order valence-electron chi connectivity index (χ4n) is 2.41. The maximum atomic E-state index is 11.3. The zero-order valence-corrected chi connectivity index (χ0v) is 8.83.